The van der Waals surface area contributed by atoms with E-state index in [1.165, 1.54) is 0 Å². The number of nitrogens with zero attached hydrogens (tertiary/aromatic N) is 4. The molecule has 0 saturated carbocycles. The average molecular weight is 375 g/mol. The third-order valence-electron chi connectivity index (χ3n) is 4.65. The molecular weight excluding hydrogens is 356 g/mol. The zero-order chi connectivity index (χ0) is 18.1. The van der Waals surface area contributed by atoms with Crippen molar-refractivity contribution in [3.63, 3.8) is 0 Å². The summed E-state index contributed by atoms with van der Waals surface area (Å²) >= 11 is 6.02. The van der Waals surface area contributed by atoms with E-state index in [1.807, 2.05) is 24.3 Å². The third kappa shape index (κ3) is 3.32. The Labute approximate surface area is 156 Å². The highest BCUT2D eigenvalue weighted by molar-refractivity contribution is 6.30. The van der Waals surface area contributed by atoms with Gasteiger partial charge in [-0.25, -0.2) is 0 Å². The monoisotopic (exact) mass is 374 g/mol. The minimum atomic E-state index is -0.149. The Kier molecular flexibility index (Phi) is 4.65. The number of rotatable bonds is 3. The molecule has 4 rings (SSSR count). The van der Waals surface area contributed by atoms with E-state index in [4.69, 9.17) is 16.3 Å². The third-order valence-corrected chi connectivity index (χ3v) is 4.88. The molecule has 0 aliphatic carbocycles. The Morgan fingerprint density at radius 1 is 1.15 bits per heavy atom. The molecule has 136 valence electrons. The predicted molar refractivity (Wildman–Crippen MR) is 95.1 cm³/mol. The minimum Gasteiger partial charge on any atom is -0.378 e. The first-order valence-electron chi connectivity index (χ1n) is 8.60. The zero-order valence-corrected chi connectivity index (χ0v) is 15.0. The molecule has 1 aromatic carbocycles. The lowest BCUT2D eigenvalue weighted by molar-refractivity contribution is 0.0298. The van der Waals surface area contributed by atoms with Crippen molar-refractivity contribution in [2.75, 3.05) is 32.8 Å². The van der Waals surface area contributed by atoms with Crippen molar-refractivity contribution in [1.29, 1.82) is 0 Å². The second-order valence-corrected chi connectivity index (χ2v) is 6.84. The second-order valence-electron chi connectivity index (χ2n) is 6.40. The molecule has 8 heteroatoms. The van der Waals surface area contributed by atoms with E-state index >= 15 is 0 Å². The number of carbonyl (C=O) groups is 2. The first kappa shape index (κ1) is 17.1. The van der Waals surface area contributed by atoms with Gasteiger partial charge in [-0.1, -0.05) is 23.7 Å². The number of hydrogen-bond acceptors (Lipinski definition) is 4. The van der Waals surface area contributed by atoms with E-state index in [0.717, 1.165) is 5.56 Å². The van der Waals surface area contributed by atoms with Crippen molar-refractivity contribution in [1.82, 2.24) is 19.6 Å². The van der Waals surface area contributed by atoms with Crippen molar-refractivity contribution < 1.29 is 14.3 Å². The lowest BCUT2D eigenvalue weighted by Gasteiger charge is -2.27. The molecule has 1 fully saturated rings. The summed E-state index contributed by atoms with van der Waals surface area (Å²) in [5.74, 6) is -0.269. The summed E-state index contributed by atoms with van der Waals surface area (Å²) < 4.78 is 6.90. The number of ether oxygens (including phenoxy) is 1. The molecule has 2 aliphatic heterocycles. The highest BCUT2D eigenvalue weighted by atomic mass is 35.5. The van der Waals surface area contributed by atoms with Crippen LogP contribution >= 0.6 is 11.6 Å². The number of carbonyl (C=O) groups excluding carboxylic acids is 2. The standard InChI is InChI=1S/C18H19ClN4O3/c19-14-3-1-2-13(10-14)12-22-4-5-23-16(18(22)25)11-15(20-23)17(24)21-6-8-26-9-7-21/h1-3,10-11H,4-9,12H2. The second kappa shape index (κ2) is 7.09. The van der Waals surface area contributed by atoms with Crippen molar-refractivity contribution >= 4 is 23.4 Å². The van der Waals surface area contributed by atoms with Crippen LogP contribution in [-0.2, 0) is 17.8 Å². The molecule has 2 aliphatic rings. The van der Waals surface area contributed by atoms with Gasteiger partial charge in [0.05, 0.1) is 19.8 Å². The van der Waals surface area contributed by atoms with Gasteiger partial charge in [-0.05, 0) is 17.7 Å². The van der Waals surface area contributed by atoms with Crippen LogP contribution in [0.25, 0.3) is 0 Å². The Hall–Kier alpha value is -2.38. The summed E-state index contributed by atoms with van der Waals surface area (Å²) in [5.41, 5.74) is 1.75. The van der Waals surface area contributed by atoms with E-state index in [-0.39, 0.29) is 11.8 Å². The number of hydrogen-bond donors (Lipinski definition) is 0. The number of morpholine rings is 1. The van der Waals surface area contributed by atoms with Crippen molar-refractivity contribution in [2.24, 2.45) is 0 Å². The fraction of sp³-hybridized carbons (Fsp3) is 0.389. The minimum absolute atomic E-state index is 0.121. The molecule has 0 N–H and O–H groups in total. The van der Waals surface area contributed by atoms with Crippen molar-refractivity contribution in [3.8, 4) is 0 Å². The van der Waals surface area contributed by atoms with Crippen LogP contribution < -0.4 is 0 Å². The zero-order valence-electron chi connectivity index (χ0n) is 14.2. The molecule has 0 atom stereocenters. The van der Waals surface area contributed by atoms with Gasteiger partial charge in [0, 0.05) is 37.3 Å². The van der Waals surface area contributed by atoms with Gasteiger partial charge >= 0.3 is 0 Å². The van der Waals surface area contributed by atoms with E-state index in [9.17, 15) is 9.59 Å². The molecule has 3 heterocycles. The molecule has 0 spiro atoms. The maximum atomic E-state index is 12.8. The fourth-order valence-corrected chi connectivity index (χ4v) is 3.49. The summed E-state index contributed by atoms with van der Waals surface area (Å²) in [6.45, 7) is 3.77. The highest BCUT2D eigenvalue weighted by Gasteiger charge is 2.29. The van der Waals surface area contributed by atoms with Gasteiger partial charge in [0.1, 0.15) is 5.69 Å². The van der Waals surface area contributed by atoms with Gasteiger partial charge in [-0.2, -0.15) is 5.10 Å². The van der Waals surface area contributed by atoms with Gasteiger partial charge < -0.3 is 14.5 Å². The van der Waals surface area contributed by atoms with Crippen LogP contribution in [0.15, 0.2) is 30.3 Å². The average Bonchev–Trinajstić information content (AvgIpc) is 3.09. The van der Waals surface area contributed by atoms with Gasteiger partial charge in [0.2, 0.25) is 0 Å². The number of benzene rings is 1. The topological polar surface area (TPSA) is 67.7 Å². The molecule has 1 saturated heterocycles. The number of halogens is 1. The predicted octanol–water partition coefficient (Wildman–Crippen LogP) is 1.66. The lowest BCUT2D eigenvalue weighted by Crippen LogP contribution is -2.41. The SMILES string of the molecule is O=C(c1cc2n(n1)CCN(Cc1cccc(Cl)c1)C2=O)N1CCOCC1. The van der Waals surface area contributed by atoms with Gasteiger partial charge in [-0.15, -0.1) is 0 Å². The maximum Gasteiger partial charge on any atom is 0.274 e. The summed E-state index contributed by atoms with van der Waals surface area (Å²) in [4.78, 5) is 28.9. The Balaban J connectivity index is 1.51. The maximum absolute atomic E-state index is 12.8. The van der Waals surface area contributed by atoms with Crippen LogP contribution in [0.3, 0.4) is 0 Å². The molecule has 26 heavy (non-hydrogen) atoms. The number of aromatic nitrogens is 2. The molecule has 1 aromatic heterocycles. The smallest absolute Gasteiger partial charge is 0.274 e. The molecular formula is C18H19ClN4O3. The molecule has 2 amide bonds. The first-order chi connectivity index (χ1) is 12.6. The van der Waals surface area contributed by atoms with Crippen LogP contribution in [0.1, 0.15) is 26.5 Å². The van der Waals surface area contributed by atoms with Crippen LogP contribution in [0, 0.1) is 0 Å². The van der Waals surface area contributed by atoms with Crippen molar-refractivity contribution in [2.45, 2.75) is 13.1 Å². The molecule has 0 unspecified atom stereocenters. The molecule has 7 nitrogen and oxygen atoms in total. The van der Waals surface area contributed by atoms with Crippen LogP contribution in [0.2, 0.25) is 5.02 Å². The molecule has 0 bridgehead atoms. The number of fused-ring (bicyclic) bond motifs is 1. The summed E-state index contributed by atoms with van der Waals surface area (Å²) in [7, 11) is 0. The summed E-state index contributed by atoms with van der Waals surface area (Å²) in [5, 5.41) is 5.00. The number of amides is 2. The van der Waals surface area contributed by atoms with Crippen LogP contribution in [0.5, 0.6) is 0 Å². The molecule has 0 radical (unpaired) electrons. The van der Waals surface area contributed by atoms with E-state index in [0.29, 0.717) is 62.3 Å². The van der Waals surface area contributed by atoms with E-state index in [1.54, 1.807) is 20.5 Å². The Morgan fingerprint density at radius 3 is 2.73 bits per heavy atom. The van der Waals surface area contributed by atoms with Gasteiger partial charge in [0.15, 0.2) is 5.69 Å². The van der Waals surface area contributed by atoms with Gasteiger partial charge in [0.25, 0.3) is 11.8 Å². The fourth-order valence-electron chi connectivity index (χ4n) is 3.28. The molecule has 2 aromatic rings. The summed E-state index contributed by atoms with van der Waals surface area (Å²) in [6, 6.07) is 9.08. The Morgan fingerprint density at radius 2 is 1.96 bits per heavy atom. The lowest BCUT2D eigenvalue weighted by atomic mass is 10.2. The van der Waals surface area contributed by atoms with Crippen molar-refractivity contribution in [3.05, 3.63) is 52.3 Å². The highest BCUT2D eigenvalue weighted by Crippen LogP contribution is 2.19. The quantitative estimate of drug-likeness (QED) is 0.819. The summed E-state index contributed by atoms with van der Waals surface area (Å²) in [6.07, 6.45) is 0. The largest absolute Gasteiger partial charge is 0.378 e. The van der Waals surface area contributed by atoms with Gasteiger partial charge in [-0.3, -0.25) is 14.3 Å². The normalized spacial score (nSPS) is 17.3. The van der Waals surface area contributed by atoms with E-state index < -0.39 is 0 Å². The van der Waals surface area contributed by atoms with Crippen LogP contribution in [-0.4, -0.2) is 64.2 Å². The van der Waals surface area contributed by atoms with Crippen LogP contribution in [0.4, 0.5) is 0 Å². The first-order valence-corrected chi connectivity index (χ1v) is 8.98. The van der Waals surface area contributed by atoms with E-state index in [2.05, 4.69) is 5.10 Å². The Bertz CT molecular complexity index is 845.